The normalized spacial score (nSPS) is 14.8. The third kappa shape index (κ3) is 2.75. The summed E-state index contributed by atoms with van der Waals surface area (Å²) in [5.74, 6) is -0.734. The Bertz CT molecular complexity index is 528. The number of amides is 1. The average molecular weight is 324 g/mol. The number of halogens is 3. The van der Waals surface area contributed by atoms with Crippen molar-refractivity contribution in [3.05, 3.63) is 16.0 Å². The molecule has 0 atom stereocenters. The fourth-order valence-corrected chi connectivity index (χ4v) is 3.32. The van der Waals surface area contributed by atoms with Crippen LogP contribution >= 0.6 is 46.1 Å². The second-order valence-electron chi connectivity index (χ2n) is 3.98. The molecule has 0 aliphatic heterocycles. The lowest BCUT2D eigenvalue weighted by Gasteiger charge is -2.10. The van der Waals surface area contributed by atoms with Crippen LogP contribution < -0.4 is 5.32 Å². The van der Waals surface area contributed by atoms with Gasteiger partial charge in [-0.05, 0) is 31.2 Å². The maximum atomic E-state index is 11.6. The Morgan fingerprint density at radius 3 is 2.61 bits per heavy atom. The van der Waals surface area contributed by atoms with Crippen LogP contribution in [-0.2, 0) is 17.6 Å². The molecule has 0 spiro atoms. The molecule has 0 saturated carbocycles. The first kappa shape index (κ1) is 14.0. The molecule has 1 aliphatic carbocycles. The van der Waals surface area contributed by atoms with E-state index in [1.807, 2.05) is 0 Å². The number of rotatable bonds is 1. The molecular formula is C11H9Cl3N2OS. The van der Waals surface area contributed by atoms with E-state index in [-0.39, 0.29) is 0 Å². The number of nitriles is 1. The fraction of sp³-hybridized carbons (Fsp3) is 0.455. The number of carbonyl (C=O) groups is 1. The first-order chi connectivity index (χ1) is 8.43. The number of aryl methyl sites for hydroxylation is 1. The summed E-state index contributed by atoms with van der Waals surface area (Å²) in [6, 6.07) is 2.13. The third-order valence-electron chi connectivity index (χ3n) is 2.77. The molecule has 0 fully saturated rings. The van der Waals surface area contributed by atoms with E-state index >= 15 is 0 Å². The van der Waals surface area contributed by atoms with Gasteiger partial charge < -0.3 is 5.32 Å². The number of hydrogen-bond donors (Lipinski definition) is 1. The predicted octanol–water partition coefficient (Wildman–Crippen LogP) is 3.81. The van der Waals surface area contributed by atoms with E-state index in [2.05, 4.69) is 11.4 Å². The second-order valence-corrected chi connectivity index (χ2v) is 7.37. The van der Waals surface area contributed by atoms with Crippen LogP contribution in [0.3, 0.4) is 0 Å². The molecule has 0 radical (unpaired) electrons. The molecule has 0 unspecified atom stereocenters. The van der Waals surface area contributed by atoms with E-state index in [0.717, 1.165) is 36.1 Å². The van der Waals surface area contributed by atoms with Crippen molar-refractivity contribution >= 4 is 57.0 Å². The Morgan fingerprint density at radius 1 is 1.33 bits per heavy atom. The summed E-state index contributed by atoms with van der Waals surface area (Å²) in [5, 5.41) is 12.2. The smallest absolute Gasteiger partial charge is 0.277 e. The minimum absolute atomic E-state index is 0.487. The molecule has 7 heteroatoms. The van der Waals surface area contributed by atoms with E-state index in [1.54, 1.807) is 0 Å². The zero-order valence-electron chi connectivity index (χ0n) is 9.23. The van der Waals surface area contributed by atoms with Crippen molar-refractivity contribution < 1.29 is 4.79 Å². The molecule has 18 heavy (non-hydrogen) atoms. The molecule has 1 amide bonds. The van der Waals surface area contributed by atoms with Crippen LogP contribution in [0.15, 0.2) is 0 Å². The summed E-state index contributed by atoms with van der Waals surface area (Å²) in [5.41, 5.74) is 1.55. The number of nitrogens with one attached hydrogen (secondary N) is 1. The number of fused-ring (bicyclic) bond motifs is 1. The first-order valence-electron chi connectivity index (χ1n) is 5.36. The molecule has 1 aromatic rings. The van der Waals surface area contributed by atoms with Crippen LogP contribution in [0.2, 0.25) is 0 Å². The molecular weight excluding hydrogens is 315 g/mol. The highest BCUT2D eigenvalue weighted by Gasteiger charge is 2.32. The lowest BCUT2D eigenvalue weighted by atomic mass is 9.96. The Labute approximate surface area is 124 Å². The summed E-state index contributed by atoms with van der Waals surface area (Å²) in [6.45, 7) is 0. The zero-order valence-corrected chi connectivity index (χ0v) is 12.3. The topological polar surface area (TPSA) is 52.9 Å². The van der Waals surface area contributed by atoms with E-state index in [9.17, 15) is 10.1 Å². The SMILES string of the molecule is N#Cc1c(NC(=O)C(Cl)(Cl)Cl)sc2c1CCCC2. The quantitative estimate of drug-likeness (QED) is 0.799. The fourth-order valence-electron chi connectivity index (χ4n) is 1.95. The Balaban J connectivity index is 2.32. The largest absolute Gasteiger partial charge is 0.313 e. The molecule has 2 rings (SSSR count). The summed E-state index contributed by atoms with van der Waals surface area (Å²) in [7, 11) is 0. The number of thiophene rings is 1. The van der Waals surface area contributed by atoms with Gasteiger partial charge in [0, 0.05) is 4.88 Å². The van der Waals surface area contributed by atoms with Gasteiger partial charge in [-0.2, -0.15) is 5.26 Å². The molecule has 0 saturated heterocycles. The van der Waals surface area contributed by atoms with Crippen molar-refractivity contribution in [2.45, 2.75) is 29.5 Å². The number of carbonyl (C=O) groups excluding carboxylic acids is 1. The summed E-state index contributed by atoms with van der Waals surface area (Å²) >= 11 is 17.9. The number of anilines is 1. The predicted molar refractivity (Wildman–Crippen MR) is 74.6 cm³/mol. The minimum atomic E-state index is -2.02. The van der Waals surface area contributed by atoms with Gasteiger partial charge in [0.05, 0.1) is 5.56 Å². The summed E-state index contributed by atoms with van der Waals surface area (Å²) in [6.07, 6.45) is 3.99. The number of hydrogen-bond acceptors (Lipinski definition) is 3. The lowest BCUT2D eigenvalue weighted by Crippen LogP contribution is -2.26. The molecule has 1 N–H and O–H groups in total. The van der Waals surface area contributed by atoms with Crippen LogP contribution in [0.1, 0.15) is 28.8 Å². The Hall–Kier alpha value is -0.470. The standard InChI is InChI=1S/C11H9Cl3N2OS/c12-11(13,14)10(17)16-9-7(5-15)6-3-1-2-4-8(6)18-9/h1-4H2,(H,16,17). The van der Waals surface area contributed by atoms with Crippen molar-refractivity contribution in [2.75, 3.05) is 5.32 Å². The first-order valence-corrected chi connectivity index (χ1v) is 7.31. The molecule has 3 nitrogen and oxygen atoms in total. The van der Waals surface area contributed by atoms with Gasteiger partial charge in [0.25, 0.3) is 9.70 Å². The zero-order chi connectivity index (χ0) is 13.3. The van der Waals surface area contributed by atoms with Gasteiger partial charge in [0.1, 0.15) is 11.1 Å². The lowest BCUT2D eigenvalue weighted by molar-refractivity contribution is -0.115. The van der Waals surface area contributed by atoms with Gasteiger partial charge in [-0.1, -0.05) is 34.8 Å². The van der Waals surface area contributed by atoms with E-state index in [4.69, 9.17) is 34.8 Å². The van der Waals surface area contributed by atoms with Crippen molar-refractivity contribution in [1.29, 1.82) is 5.26 Å². The van der Waals surface area contributed by atoms with Gasteiger partial charge in [-0.15, -0.1) is 11.3 Å². The summed E-state index contributed by atoms with van der Waals surface area (Å²) in [4.78, 5) is 12.8. The van der Waals surface area contributed by atoms with Crippen LogP contribution in [0.4, 0.5) is 5.00 Å². The number of alkyl halides is 3. The Kier molecular flexibility index (Phi) is 4.08. The van der Waals surface area contributed by atoms with Crippen molar-refractivity contribution in [1.82, 2.24) is 0 Å². The van der Waals surface area contributed by atoms with Gasteiger partial charge in [0.2, 0.25) is 0 Å². The third-order valence-corrected chi connectivity index (χ3v) is 4.49. The van der Waals surface area contributed by atoms with E-state index < -0.39 is 9.70 Å². The molecule has 0 bridgehead atoms. The van der Waals surface area contributed by atoms with Gasteiger partial charge in [-0.25, -0.2) is 0 Å². The maximum absolute atomic E-state index is 11.6. The molecule has 1 heterocycles. The van der Waals surface area contributed by atoms with Gasteiger partial charge in [0.15, 0.2) is 0 Å². The van der Waals surface area contributed by atoms with Crippen molar-refractivity contribution in [3.63, 3.8) is 0 Å². The van der Waals surface area contributed by atoms with Crippen molar-refractivity contribution in [2.24, 2.45) is 0 Å². The summed E-state index contributed by atoms with van der Waals surface area (Å²) < 4.78 is -2.02. The molecule has 1 aromatic heterocycles. The van der Waals surface area contributed by atoms with E-state index in [1.165, 1.54) is 11.3 Å². The van der Waals surface area contributed by atoms with Gasteiger partial charge in [-0.3, -0.25) is 4.79 Å². The van der Waals surface area contributed by atoms with Crippen LogP contribution in [0.5, 0.6) is 0 Å². The van der Waals surface area contributed by atoms with E-state index in [0.29, 0.717) is 10.6 Å². The molecule has 96 valence electrons. The second kappa shape index (κ2) is 5.26. The minimum Gasteiger partial charge on any atom is -0.313 e. The Morgan fingerprint density at radius 2 is 2.00 bits per heavy atom. The highest BCUT2D eigenvalue weighted by molar-refractivity contribution is 7.16. The van der Waals surface area contributed by atoms with Crippen LogP contribution in [-0.4, -0.2) is 9.70 Å². The maximum Gasteiger partial charge on any atom is 0.277 e. The highest BCUT2D eigenvalue weighted by Crippen LogP contribution is 2.38. The highest BCUT2D eigenvalue weighted by atomic mass is 35.6. The van der Waals surface area contributed by atoms with Gasteiger partial charge >= 0.3 is 0 Å². The number of nitrogens with zero attached hydrogens (tertiary/aromatic N) is 1. The van der Waals surface area contributed by atoms with Crippen molar-refractivity contribution in [3.8, 4) is 6.07 Å². The molecule has 0 aromatic carbocycles. The monoisotopic (exact) mass is 322 g/mol. The van der Waals surface area contributed by atoms with Crippen LogP contribution in [0.25, 0.3) is 0 Å². The average Bonchev–Trinajstić information content (AvgIpc) is 2.64. The van der Waals surface area contributed by atoms with Crippen LogP contribution in [0, 0.1) is 11.3 Å². The molecule has 1 aliphatic rings.